The van der Waals surface area contributed by atoms with Crippen LogP contribution in [0.15, 0.2) is 59.0 Å². The molecule has 10 heteroatoms. The van der Waals surface area contributed by atoms with Gasteiger partial charge < -0.3 is 28.5 Å². The number of methoxy groups -OCH3 is 2. The minimum Gasteiger partial charge on any atom is -0.497 e. The molecule has 38 heavy (non-hydrogen) atoms. The number of halogens is 3. The number of rotatable bonds is 8. The van der Waals surface area contributed by atoms with Crippen LogP contribution in [-0.4, -0.2) is 56.4 Å². The number of carbonyl (C=O) groups excluding carboxylic acids is 1. The molecule has 0 radical (unpaired) electrons. The Morgan fingerprint density at radius 3 is 2.68 bits per heavy atom. The minimum absolute atomic E-state index is 0.0653. The van der Waals surface area contributed by atoms with Crippen LogP contribution in [0.3, 0.4) is 0 Å². The summed E-state index contributed by atoms with van der Waals surface area (Å²) < 4.78 is 63.0. The summed E-state index contributed by atoms with van der Waals surface area (Å²) in [6.45, 7) is 0.833. The average Bonchev–Trinajstić information content (AvgIpc) is 3.54. The number of hydrogen-bond donors (Lipinski definition) is 1. The molecule has 1 N–H and O–H groups in total. The van der Waals surface area contributed by atoms with E-state index in [-0.39, 0.29) is 30.4 Å². The van der Waals surface area contributed by atoms with Crippen molar-refractivity contribution in [2.24, 2.45) is 0 Å². The molecule has 1 aliphatic rings. The number of ether oxygens (including phenoxy) is 3. The predicted octanol–water partition coefficient (Wildman–Crippen LogP) is 5.59. The van der Waals surface area contributed by atoms with Crippen molar-refractivity contribution in [3.05, 3.63) is 77.2 Å². The second-order valence-electron chi connectivity index (χ2n) is 8.96. The number of aromatic nitrogens is 1. The first-order chi connectivity index (χ1) is 18.3. The van der Waals surface area contributed by atoms with Crippen LogP contribution in [0.2, 0.25) is 0 Å². The Bertz CT molecular complexity index is 1440. The summed E-state index contributed by atoms with van der Waals surface area (Å²) in [6, 6.07) is 13.4. The molecule has 2 aromatic heterocycles. The number of H-pyrrole nitrogens is 1. The fraction of sp³-hybridized carbons (Fsp3) is 0.321. The Balaban J connectivity index is 1.57. The van der Waals surface area contributed by atoms with Gasteiger partial charge in [0.2, 0.25) is 5.91 Å². The number of amides is 1. The Hall–Kier alpha value is -3.76. The second kappa shape index (κ2) is 10.5. The zero-order valence-electron chi connectivity index (χ0n) is 20.9. The quantitative estimate of drug-likeness (QED) is 0.302. The van der Waals surface area contributed by atoms with E-state index < -0.39 is 17.8 Å². The Morgan fingerprint density at radius 2 is 1.92 bits per heavy atom. The van der Waals surface area contributed by atoms with Crippen molar-refractivity contribution >= 4 is 16.8 Å². The van der Waals surface area contributed by atoms with Crippen LogP contribution in [0, 0.1) is 0 Å². The monoisotopic (exact) mass is 528 g/mol. The van der Waals surface area contributed by atoms with Crippen molar-refractivity contribution in [1.29, 1.82) is 0 Å². The number of alkyl halides is 3. The summed E-state index contributed by atoms with van der Waals surface area (Å²) in [4.78, 5) is 18.3. The van der Waals surface area contributed by atoms with Crippen LogP contribution < -0.4 is 4.74 Å². The molecule has 0 saturated heterocycles. The van der Waals surface area contributed by atoms with Crippen molar-refractivity contribution in [3.63, 3.8) is 0 Å². The summed E-state index contributed by atoms with van der Waals surface area (Å²) >= 11 is 0. The fourth-order valence-electron chi connectivity index (χ4n) is 4.93. The molecular formula is C28H27F3N2O5. The van der Waals surface area contributed by atoms with E-state index in [1.165, 1.54) is 24.3 Å². The molecule has 1 aliphatic heterocycles. The standard InChI is InChI=1S/C28H27F3N2O5/c1-35-13-14-37-16-25(34)33-12-11-18-20-15-17(36-2)7-8-22(20)32-26(18)27(33)24-10-9-23(38-24)19-5-3-4-6-21(19)28(29,30)31/h3-10,15,27,32H,11-14,16H2,1-2H3. The van der Waals surface area contributed by atoms with E-state index in [2.05, 4.69) is 4.98 Å². The number of hydrogen-bond acceptors (Lipinski definition) is 5. The molecule has 200 valence electrons. The number of fused-ring (bicyclic) bond motifs is 3. The van der Waals surface area contributed by atoms with Crippen molar-refractivity contribution in [1.82, 2.24) is 9.88 Å². The molecule has 7 nitrogen and oxygen atoms in total. The van der Waals surface area contributed by atoms with E-state index in [0.717, 1.165) is 28.2 Å². The Labute approximate surface area is 217 Å². The number of furan rings is 1. The van der Waals surface area contributed by atoms with Gasteiger partial charge in [-0.1, -0.05) is 18.2 Å². The number of nitrogens with one attached hydrogen (secondary N) is 1. The summed E-state index contributed by atoms with van der Waals surface area (Å²) in [6.07, 6.45) is -3.97. The Kier molecular flexibility index (Phi) is 7.18. The molecule has 5 rings (SSSR count). The lowest BCUT2D eigenvalue weighted by Gasteiger charge is -2.34. The van der Waals surface area contributed by atoms with Gasteiger partial charge in [-0.15, -0.1) is 0 Å². The van der Waals surface area contributed by atoms with Gasteiger partial charge in [0, 0.05) is 30.1 Å². The summed E-state index contributed by atoms with van der Waals surface area (Å²) in [7, 11) is 3.14. The lowest BCUT2D eigenvalue weighted by atomic mass is 9.95. The first kappa shape index (κ1) is 25.9. The van der Waals surface area contributed by atoms with Crippen LogP contribution in [0.25, 0.3) is 22.2 Å². The van der Waals surface area contributed by atoms with E-state index in [1.807, 2.05) is 18.2 Å². The maximum absolute atomic E-state index is 13.7. The highest BCUT2D eigenvalue weighted by Gasteiger charge is 2.38. The van der Waals surface area contributed by atoms with Crippen LogP contribution in [-0.2, 0) is 26.9 Å². The molecule has 3 heterocycles. The molecule has 0 fully saturated rings. The molecule has 2 aromatic carbocycles. The summed E-state index contributed by atoms with van der Waals surface area (Å²) in [5.41, 5.74) is 1.75. The zero-order chi connectivity index (χ0) is 26.9. The Morgan fingerprint density at radius 1 is 1.11 bits per heavy atom. The summed E-state index contributed by atoms with van der Waals surface area (Å²) in [5.74, 6) is 0.856. The van der Waals surface area contributed by atoms with Gasteiger partial charge in [0.05, 0.1) is 31.6 Å². The number of nitrogens with zero attached hydrogens (tertiary/aromatic N) is 1. The third-order valence-corrected chi connectivity index (χ3v) is 6.71. The molecular weight excluding hydrogens is 501 g/mol. The van der Waals surface area contributed by atoms with Gasteiger partial charge >= 0.3 is 6.18 Å². The number of benzene rings is 2. The van der Waals surface area contributed by atoms with Crippen LogP contribution in [0.1, 0.15) is 28.6 Å². The van der Waals surface area contributed by atoms with Crippen LogP contribution in [0.4, 0.5) is 13.2 Å². The van der Waals surface area contributed by atoms with Crippen molar-refractivity contribution in [2.75, 3.05) is 40.6 Å². The minimum atomic E-state index is -4.54. The average molecular weight is 529 g/mol. The first-order valence-electron chi connectivity index (χ1n) is 12.1. The van der Waals surface area contributed by atoms with Gasteiger partial charge in [-0.25, -0.2) is 0 Å². The molecule has 0 aliphatic carbocycles. The normalized spacial score (nSPS) is 15.6. The smallest absolute Gasteiger partial charge is 0.417 e. The summed E-state index contributed by atoms with van der Waals surface area (Å²) in [5, 5.41) is 0.960. The predicted molar refractivity (Wildman–Crippen MR) is 134 cm³/mol. The maximum Gasteiger partial charge on any atom is 0.417 e. The molecule has 0 bridgehead atoms. The van der Waals surface area contributed by atoms with E-state index in [0.29, 0.717) is 31.1 Å². The molecule has 0 spiro atoms. The molecule has 1 unspecified atom stereocenters. The molecule has 0 saturated carbocycles. The van der Waals surface area contributed by atoms with E-state index in [4.69, 9.17) is 18.6 Å². The van der Waals surface area contributed by atoms with Crippen molar-refractivity contribution < 1.29 is 36.6 Å². The van der Waals surface area contributed by atoms with Crippen molar-refractivity contribution in [3.8, 4) is 17.1 Å². The fourth-order valence-corrected chi connectivity index (χ4v) is 4.93. The molecule has 4 aromatic rings. The third kappa shape index (κ3) is 4.89. The second-order valence-corrected chi connectivity index (χ2v) is 8.96. The van der Waals surface area contributed by atoms with Crippen molar-refractivity contribution in [2.45, 2.75) is 18.6 Å². The molecule has 1 amide bonds. The van der Waals surface area contributed by atoms with Gasteiger partial charge in [0.25, 0.3) is 0 Å². The van der Waals surface area contributed by atoms with Crippen LogP contribution in [0.5, 0.6) is 5.75 Å². The number of aromatic amines is 1. The van der Waals surface area contributed by atoms with E-state index in [9.17, 15) is 18.0 Å². The maximum atomic E-state index is 13.7. The lowest BCUT2D eigenvalue weighted by Crippen LogP contribution is -2.42. The first-order valence-corrected chi connectivity index (χ1v) is 12.1. The van der Waals surface area contributed by atoms with E-state index in [1.54, 1.807) is 25.2 Å². The topological polar surface area (TPSA) is 76.9 Å². The highest BCUT2D eigenvalue weighted by molar-refractivity contribution is 5.88. The zero-order valence-corrected chi connectivity index (χ0v) is 20.9. The van der Waals surface area contributed by atoms with Gasteiger partial charge in [-0.3, -0.25) is 4.79 Å². The SMILES string of the molecule is COCCOCC(=O)N1CCc2c([nH]c3ccc(OC)cc23)C1c1ccc(-c2ccccc2C(F)(F)F)o1. The van der Waals surface area contributed by atoms with Gasteiger partial charge in [-0.05, 0) is 48.4 Å². The van der Waals surface area contributed by atoms with Gasteiger partial charge in [0.1, 0.15) is 29.9 Å². The third-order valence-electron chi connectivity index (χ3n) is 6.71. The highest BCUT2D eigenvalue weighted by atomic mass is 19.4. The lowest BCUT2D eigenvalue weighted by molar-refractivity contribution is -0.139. The van der Waals surface area contributed by atoms with Crippen LogP contribution >= 0.6 is 0 Å². The highest BCUT2D eigenvalue weighted by Crippen LogP contribution is 2.42. The van der Waals surface area contributed by atoms with Gasteiger partial charge in [-0.2, -0.15) is 13.2 Å². The van der Waals surface area contributed by atoms with E-state index >= 15 is 0 Å². The number of carbonyl (C=O) groups is 1. The van der Waals surface area contributed by atoms with Gasteiger partial charge in [0.15, 0.2) is 0 Å². The molecule has 1 atom stereocenters. The largest absolute Gasteiger partial charge is 0.497 e.